The number of nitrogens with zero attached hydrogens (tertiary/aromatic N) is 3. The highest BCUT2D eigenvalue weighted by molar-refractivity contribution is 6.05. The Bertz CT molecular complexity index is 822. The quantitative estimate of drug-likeness (QED) is 0.905. The highest BCUT2D eigenvalue weighted by atomic mass is 16.2. The van der Waals surface area contributed by atoms with Gasteiger partial charge in [0.1, 0.15) is 5.69 Å². The number of carbonyl (C=O) groups is 2. The largest absolute Gasteiger partial charge is 0.372 e. The number of pyridine rings is 1. The number of benzene rings is 1. The van der Waals surface area contributed by atoms with Gasteiger partial charge in [0, 0.05) is 49.3 Å². The lowest BCUT2D eigenvalue weighted by atomic mass is 10.2. The highest BCUT2D eigenvalue weighted by Gasteiger charge is 2.21. The summed E-state index contributed by atoms with van der Waals surface area (Å²) in [5.41, 5.74) is 2.70. The Labute approximate surface area is 159 Å². The van der Waals surface area contributed by atoms with E-state index in [-0.39, 0.29) is 11.8 Å². The normalized spacial score (nSPS) is 16.6. The van der Waals surface area contributed by atoms with Crippen molar-refractivity contribution in [3.8, 4) is 0 Å². The van der Waals surface area contributed by atoms with E-state index in [1.807, 2.05) is 24.3 Å². The van der Waals surface area contributed by atoms with Crippen LogP contribution in [-0.4, -0.2) is 47.9 Å². The zero-order valence-corrected chi connectivity index (χ0v) is 15.4. The average Bonchev–Trinajstić information content (AvgIpc) is 3.42. The van der Waals surface area contributed by atoms with Crippen LogP contribution < -0.4 is 10.2 Å². The van der Waals surface area contributed by atoms with Crippen LogP contribution in [0.1, 0.15) is 46.5 Å². The second-order valence-electron chi connectivity index (χ2n) is 7.12. The van der Waals surface area contributed by atoms with Crippen molar-refractivity contribution in [2.24, 2.45) is 0 Å². The van der Waals surface area contributed by atoms with Crippen molar-refractivity contribution in [1.29, 1.82) is 0 Å². The van der Waals surface area contributed by atoms with Crippen molar-refractivity contribution in [3.05, 3.63) is 53.9 Å². The van der Waals surface area contributed by atoms with Crippen LogP contribution in [-0.2, 0) is 0 Å². The molecular formula is C21H24N4O2. The SMILES string of the molecule is O=C(Nc1ccc(N2CCCC2)cc1)c1ccnc(C(=O)N2CCCC2)c1. The van der Waals surface area contributed by atoms with Crippen molar-refractivity contribution in [3.63, 3.8) is 0 Å². The van der Waals surface area contributed by atoms with Gasteiger partial charge in [0.25, 0.3) is 11.8 Å². The number of hydrogen-bond acceptors (Lipinski definition) is 4. The summed E-state index contributed by atoms with van der Waals surface area (Å²) in [4.78, 5) is 33.3. The molecule has 0 radical (unpaired) electrons. The first-order valence-corrected chi connectivity index (χ1v) is 9.62. The van der Waals surface area contributed by atoms with Crippen LogP contribution in [0.25, 0.3) is 0 Å². The molecule has 6 nitrogen and oxygen atoms in total. The van der Waals surface area contributed by atoms with Gasteiger partial charge in [-0.05, 0) is 62.1 Å². The van der Waals surface area contributed by atoms with Crippen LogP contribution in [0.4, 0.5) is 11.4 Å². The third kappa shape index (κ3) is 3.94. The Hall–Kier alpha value is -2.89. The van der Waals surface area contributed by atoms with E-state index in [0.717, 1.165) is 44.7 Å². The van der Waals surface area contributed by atoms with E-state index >= 15 is 0 Å². The Morgan fingerprint density at radius 3 is 2.26 bits per heavy atom. The first kappa shape index (κ1) is 17.5. The molecule has 2 amide bonds. The summed E-state index contributed by atoms with van der Waals surface area (Å²) >= 11 is 0. The summed E-state index contributed by atoms with van der Waals surface area (Å²) in [6.45, 7) is 3.72. The topological polar surface area (TPSA) is 65.5 Å². The number of anilines is 2. The van der Waals surface area contributed by atoms with Gasteiger partial charge in [0.15, 0.2) is 0 Å². The van der Waals surface area contributed by atoms with Gasteiger partial charge in [-0.15, -0.1) is 0 Å². The minimum absolute atomic E-state index is 0.0999. The zero-order chi connectivity index (χ0) is 18.6. The smallest absolute Gasteiger partial charge is 0.272 e. The molecule has 1 aromatic heterocycles. The van der Waals surface area contributed by atoms with E-state index in [2.05, 4.69) is 15.2 Å². The molecule has 140 valence electrons. The van der Waals surface area contributed by atoms with Crippen LogP contribution in [0.5, 0.6) is 0 Å². The molecule has 0 saturated carbocycles. The monoisotopic (exact) mass is 364 g/mol. The number of likely N-dealkylation sites (tertiary alicyclic amines) is 1. The molecule has 4 rings (SSSR count). The van der Waals surface area contributed by atoms with Crippen LogP contribution in [0.2, 0.25) is 0 Å². The molecule has 0 atom stereocenters. The summed E-state index contributed by atoms with van der Waals surface area (Å²) in [6, 6.07) is 11.1. The summed E-state index contributed by atoms with van der Waals surface area (Å²) in [5.74, 6) is -0.334. The Balaban J connectivity index is 1.43. The molecule has 0 spiro atoms. The molecule has 2 aliphatic heterocycles. The lowest BCUT2D eigenvalue weighted by Gasteiger charge is -2.18. The zero-order valence-electron chi connectivity index (χ0n) is 15.4. The molecule has 2 aromatic rings. The van der Waals surface area contributed by atoms with Gasteiger partial charge in [-0.2, -0.15) is 0 Å². The molecule has 0 bridgehead atoms. The predicted octanol–water partition coefficient (Wildman–Crippen LogP) is 3.17. The summed E-state index contributed by atoms with van der Waals surface area (Å²) in [7, 11) is 0. The fourth-order valence-corrected chi connectivity index (χ4v) is 3.71. The van der Waals surface area contributed by atoms with Gasteiger partial charge in [0.2, 0.25) is 0 Å². The van der Waals surface area contributed by atoms with Crippen molar-refractivity contribution in [1.82, 2.24) is 9.88 Å². The summed E-state index contributed by atoms with van der Waals surface area (Å²) < 4.78 is 0. The maximum atomic E-state index is 12.6. The Morgan fingerprint density at radius 1 is 0.889 bits per heavy atom. The first-order valence-electron chi connectivity index (χ1n) is 9.62. The Morgan fingerprint density at radius 2 is 1.56 bits per heavy atom. The molecule has 0 aliphatic carbocycles. The number of rotatable bonds is 4. The van der Waals surface area contributed by atoms with E-state index in [1.165, 1.54) is 24.7 Å². The number of carbonyl (C=O) groups excluding carboxylic acids is 2. The van der Waals surface area contributed by atoms with E-state index < -0.39 is 0 Å². The lowest BCUT2D eigenvalue weighted by molar-refractivity contribution is 0.0787. The lowest BCUT2D eigenvalue weighted by Crippen LogP contribution is -2.28. The van der Waals surface area contributed by atoms with Crippen LogP contribution in [0.15, 0.2) is 42.6 Å². The standard InChI is InChI=1S/C21H24N4O2/c26-20(23-17-5-7-18(8-6-17)24-11-1-2-12-24)16-9-10-22-19(15-16)21(27)25-13-3-4-14-25/h5-10,15H,1-4,11-14H2,(H,23,26). The van der Waals surface area contributed by atoms with E-state index in [4.69, 9.17) is 0 Å². The number of hydrogen-bond donors (Lipinski definition) is 1. The van der Waals surface area contributed by atoms with Crippen molar-refractivity contribution >= 4 is 23.2 Å². The van der Waals surface area contributed by atoms with Crippen molar-refractivity contribution in [2.75, 3.05) is 36.4 Å². The van der Waals surface area contributed by atoms with E-state index in [0.29, 0.717) is 11.3 Å². The fourth-order valence-electron chi connectivity index (χ4n) is 3.71. The molecule has 0 unspecified atom stereocenters. The van der Waals surface area contributed by atoms with Crippen LogP contribution >= 0.6 is 0 Å². The molecule has 6 heteroatoms. The maximum Gasteiger partial charge on any atom is 0.272 e. The second-order valence-corrected chi connectivity index (χ2v) is 7.12. The molecule has 2 aliphatic rings. The van der Waals surface area contributed by atoms with Gasteiger partial charge >= 0.3 is 0 Å². The maximum absolute atomic E-state index is 12.6. The molecule has 1 aromatic carbocycles. The summed E-state index contributed by atoms with van der Waals surface area (Å²) in [5, 5.41) is 2.90. The van der Waals surface area contributed by atoms with Crippen molar-refractivity contribution < 1.29 is 9.59 Å². The molecule has 27 heavy (non-hydrogen) atoms. The third-order valence-electron chi connectivity index (χ3n) is 5.23. The minimum Gasteiger partial charge on any atom is -0.372 e. The Kier molecular flexibility index (Phi) is 5.05. The molecular weight excluding hydrogens is 340 g/mol. The van der Waals surface area contributed by atoms with Gasteiger partial charge in [-0.1, -0.05) is 0 Å². The number of aromatic nitrogens is 1. The average molecular weight is 364 g/mol. The van der Waals surface area contributed by atoms with Crippen LogP contribution in [0, 0.1) is 0 Å². The second kappa shape index (κ2) is 7.78. The number of amides is 2. The first-order chi connectivity index (χ1) is 13.2. The molecule has 2 fully saturated rings. The van der Waals surface area contributed by atoms with Gasteiger partial charge < -0.3 is 15.1 Å². The predicted molar refractivity (Wildman–Crippen MR) is 105 cm³/mol. The minimum atomic E-state index is -0.234. The third-order valence-corrected chi connectivity index (χ3v) is 5.23. The fraction of sp³-hybridized carbons (Fsp3) is 0.381. The van der Waals surface area contributed by atoms with E-state index in [1.54, 1.807) is 17.0 Å². The van der Waals surface area contributed by atoms with E-state index in [9.17, 15) is 9.59 Å². The number of nitrogens with one attached hydrogen (secondary N) is 1. The molecule has 3 heterocycles. The molecule has 1 N–H and O–H groups in total. The van der Waals surface area contributed by atoms with Gasteiger partial charge in [-0.25, -0.2) is 0 Å². The summed E-state index contributed by atoms with van der Waals surface area (Å²) in [6.07, 6.45) is 6.05. The van der Waals surface area contributed by atoms with Gasteiger partial charge in [-0.3, -0.25) is 14.6 Å². The van der Waals surface area contributed by atoms with Crippen molar-refractivity contribution in [2.45, 2.75) is 25.7 Å². The molecule has 2 saturated heterocycles. The highest BCUT2D eigenvalue weighted by Crippen LogP contribution is 2.22. The van der Waals surface area contributed by atoms with Crippen LogP contribution in [0.3, 0.4) is 0 Å². The van der Waals surface area contributed by atoms with Gasteiger partial charge in [0.05, 0.1) is 0 Å².